The lowest BCUT2D eigenvalue weighted by Crippen LogP contribution is -2.30. The molecule has 0 atom stereocenters. The predicted molar refractivity (Wildman–Crippen MR) is 47.3 cm³/mol. The second-order valence-corrected chi connectivity index (χ2v) is 3.13. The molecular weight excluding hydrogens is 136 g/mol. The Kier molecular flexibility index (Phi) is 1.94. The molecule has 0 aromatic heterocycles. The van der Waals surface area contributed by atoms with Gasteiger partial charge in [0.2, 0.25) is 0 Å². The quantitative estimate of drug-likeness (QED) is 0.376. The van der Waals surface area contributed by atoms with Gasteiger partial charge in [0.25, 0.3) is 0 Å². The number of hydrogen-bond donors (Lipinski definition) is 0. The van der Waals surface area contributed by atoms with E-state index in [2.05, 4.69) is 51.0 Å². The van der Waals surface area contributed by atoms with Gasteiger partial charge in [-0.25, -0.2) is 0 Å². The summed E-state index contributed by atoms with van der Waals surface area (Å²) in [7, 11) is 4.14. The molecule has 0 aromatic carbocycles. The van der Waals surface area contributed by atoms with E-state index in [1.807, 2.05) is 0 Å². The van der Waals surface area contributed by atoms with Crippen molar-refractivity contribution in [1.82, 2.24) is 4.90 Å². The molecule has 1 rings (SSSR count). The lowest BCUT2D eigenvalue weighted by Gasteiger charge is -2.31. The lowest BCUT2D eigenvalue weighted by atomic mass is 10.1. The molecule has 0 radical (unpaired) electrons. The van der Waals surface area contributed by atoms with Crippen molar-refractivity contribution < 1.29 is 4.58 Å². The molecule has 2 heteroatoms. The summed E-state index contributed by atoms with van der Waals surface area (Å²) >= 11 is 0. The largest absolute Gasteiger partial charge is 0.381 e. The summed E-state index contributed by atoms with van der Waals surface area (Å²) in [5, 5.41) is 0. The van der Waals surface area contributed by atoms with Crippen molar-refractivity contribution in [3.63, 3.8) is 0 Å². The first kappa shape index (κ1) is 8.18. The zero-order valence-corrected chi connectivity index (χ0v) is 7.97. The van der Waals surface area contributed by atoms with Crippen LogP contribution in [0.4, 0.5) is 0 Å². The van der Waals surface area contributed by atoms with E-state index in [4.69, 9.17) is 0 Å². The summed E-state index contributed by atoms with van der Waals surface area (Å²) in [4.78, 5) is 2.14. The minimum Gasteiger partial charge on any atom is -0.381 e. The topological polar surface area (TPSA) is 6.25 Å². The smallest absolute Gasteiger partial charge is 0.106 e. The summed E-state index contributed by atoms with van der Waals surface area (Å²) in [5.41, 5.74) is 4.04. The minimum absolute atomic E-state index is 1.33. The molecule has 0 saturated carbocycles. The highest BCUT2D eigenvalue weighted by Gasteiger charge is 2.11. The Hall–Kier alpha value is -0.920. The first-order valence-electron chi connectivity index (χ1n) is 3.86. The fourth-order valence-electron chi connectivity index (χ4n) is 1.22. The Morgan fingerprint density at radius 3 is 2.36 bits per heavy atom. The Morgan fingerprint density at radius 1 is 1.27 bits per heavy atom. The maximum absolute atomic E-state index is 2.16. The Morgan fingerprint density at radius 2 is 1.82 bits per heavy atom. The van der Waals surface area contributed by atoms with Gasteiger partial charge < -0.3 is 9.48 Å². The minimum atomic E-state index is 1.33. The van der Waals surface area contributed by atoms with Gasteiger partial charge in [-0.2, -0.15) is 0 Å². The van der Waals surface area contributed by atoms with Crippen molar-refractivity contribution in [2.24, 2.45) is 0 Å². The van der Waals surface area contributed by atoms with Crippen LogP contribution in [0.25, 0.3) is 0 Å². The van der Waals surface area contributed by atoms with Gasteiger partial charge in [-0.15, -0.1) is 0 Å². The van der Waals surface area contributed by atoms with E-state index in [0.29, 0.717) is 0 Å². The Balaban J connectivity index is 3.07. The van der Waals surface area contributed by atoms with Crippen molar-refractivity contribution in [1.29, 1.82) is 0 Å². The van der Waals surface area contributed by atoms with Crippen molar-refractivity contribution in [2.75, 3.05) is 14.1 Å². The summed E-state index contributed by atoms with van der Waals surface area (Å²) < 4.78 is 2.14. The van der Waals surface area contributed by atoms with Crippen LogP contribution in [0.15, 0.2) is 11.3 Å². The average Bonchev–Trinajstić information content (AvgIpc) is 1.97. The molecule has 2 nitrogen and oxygen atoms in total. The van der Waals surface area contributed by atoms with Crippen LogP contribution in [0, 0.1) is 6.67 Å². The zero-order chi connectivity index (χ0) is 8.59. The average molecular weight is 152 g/mol. The van der Waals surface area contributed by atoms with E-state index < -0.39 is 0 Å². The standard InChI is InChI=1S/C9H16N2/c1-7-8(2)10(4)6-11(5)9(7)3/h6H,1-5H3. The van der Waals surface area contributed by atoms with E-state index >= 15 is 0 Å². The highest BCUT2D eigenvalue weighted by atomic mass is 15.3. The summed E-state index contributed by atoms with van der Waals surface area (Å²) in [5.74, 6) is 0. The molecule has 0 spiro atoms. The molecule has 11 heavy (non-hydrogen) atoms. The molecule has 0 saturated heterocycles. The van der Waals surface area contributed by atoms with Crippen LogP contribution in [-0.4, -0.2) is 29.3 Å². The molecule has 0 aromatic rings. The van der Waals surface area contributed by atoms with Crippen LogP contribution < -0.4 is 0 Å². The van der Waals surface area contributed by atoms with E-state index in [9.17, 15) is 0 Å². The van der Waals surface area contributed by atoms with Crippen molar-refractivity contribution in [2.45, 2.75) is 20.8 Å². The van der Waals surface area contributed by atoms with Crippen LogP contribution in [0.2, 0.25) is 0 Å². The van der Waals surface area contributed by atoms with Gasteiger partial charge in [-0.05, 0) is 39.1 Å². The van der Waals surface area contributed by atoms with Crippen LogP contribution in [0.1, 0.15) is 20.8 Å². The van der Waals surface area contributed by atoms with E-state index in [1.54, 1.807) is 0 Å². The number of nitrogens with zero attached hydrogens (tertiary/aromatic N) is 2. The normalized spacial score (nSPS) is 19.2. The van der Waals surface area contributed by atoms with Crippen LogP contribution >= 0.6 is 0 Å². The molecule has 0 bridgehead atoms. The fourth-order valence-corrected chi connectivity index (χ4v) is 1.22. The Labute approximate surface area is 68.8 Å². The SMILES string of the molecule is CC1=C(C)N(C)[CH-][N+](C)=C1C. The van der Waals surface area contributed by atoms with Gasteiger partial charge in [0.1, 0.15) is 7.05 Å². The highest BCUT2D eigenvalue weighted by Crippen LogP contribution is 2.15. The van der Waals surface area contributed by atoms with Crippen molar-refractivity contribution in [3.05, 3.63) is 17.9 Å². The molecule has 0 unspecified atom stereocenters. The maximum Gasteiger partial charge on any atom is 0.106 e. The molecule has 0 N–H and O–H groups in total. The zero-order valence-electron chi connectivity index (χ0n) is 7.97. The van der Waals surface area contributed by atoms with Crippen molar-refractivity contribution >= 4 is 5.71 Å². The number of rotatable bonds is 0. The van der Waals surface area contributed by atoms with E-state index in [0.717, 1.165) is 0 Å². The van der Waals surface area contributed by atoms with Gasteiger partial charge >= 0.3 is 0 Å². The van der Waals surface area contributed by atoms with E-state index in [-0.39, 0.29) is 0 Å². The first-order valence-corrected chi connectivity index (χ1v) is 3.86. The third kappa shape index (κ3) is 1.25. The highest BCUT2D eigenvalue weighted by molar-refractivity contribution is 5.94. The van der Waals surface area contributed by atoms with Crippen molar-refractivity contribution in [3.8, 4) is 0 Å². The van der Waals surface area contributed by atoms with Gasteiger partial charge in [-0.3, -0.25) is 0 Å². The predicted octanol–water partition coefficient (Wildman–Crippen LogP) is 1.45. The van der Waals surface area contributed by atoms with E-state index in [1.165, 1.54) is 17.0 Å². The summed E-state index contributed by atoms with van der Waals surface area (Å²) in [6.07, 6.45) is 0. The molecule has 1 aliphatic heterocycles. The molecule has 0 aliphatic carbocycles. The first-order chi connectivity index (χ1) is 5.04. The van der Waals surface area contributed by atoms with Crippen LogP contribution in [0.3, 0.4) is 0 Å². The molecule has 62 valence electrons. The third-order valence-electron chi connectivity index (χ3n) is 2.49. The summed E-state index contributed by atoms with van der Waals surface area (Å²) in [6, 6.07) is 0. The van der Waals surface area contributed by atoms with Crippen LogP contribution in [-0.2, 0) is 0 Å². The third-order valence-corrected chi connectivity index (χ3v) is 2.49. The maximum atomic E-state index is 2.16. The van der Waals surface area contributed by atoms with Gasteiger partial charge in [0.15, 0.2) is 0 Å². The molecule has 0 fully saturated rings. The molecule has 1 aliphatic rings. The van der Waals surface area contributed by atoms with Gasteiger partial charge in [0.05, 0.1) is 6.67 Å². The number of hydrogen-bond acceptors (Lipinski definition) is 1. The molecular formula is C9H16N2. The second kappa shape index (κ2) is 2.61. The lowest BCUT2D eigenvalue weighted by molar-refractivity contribution is -0.474. The fraction of sp³-hybridized carbons (Fsp3) is 0.556. The molecule has 0 amide bonds. The van der Waals surface area contributed by atoms with Gasteiger partial charge in [0, 0.05) is 5.71 Å². The van der Waals surface area contributed by atoms with Crippen LogP contribution in [0.5, 0.6) is 0 Å². The number of allylic oxidation sites excluding steroid dienone is 2. The second-order valence-electron chi connectivity index (χ2n) is 3.13. The van der Waals surface area contributed by atoms with Gasteiger partial charge in [-0.1, -0.05) is 0 Å². The Bertz CT molecular complexity index is 236. The monoisotopic (exact) mass is 152 g/mol. The summed E-state index contributed by atoms with van der Waals surface area (Å²) in [6.45, 7) is 8.53. The molecule has 1 heterocycles.